The number of hydrogen-bond acceptors (Lipinski definition) is 2. The first-order chi connectivity index (χ1) is 8.72. The molecule has 1 unspecified atom stereocenters. The molecule has 1 rings (SSSR count). The van der Waals surface area contributed by atoms with Crippen LogP contribution in [0.4, 0.5) is 0 Å². The van der Waals surface area contributed by atoms with Crippen LogP contribution in [0.3, 0.4) is 0 Å². The fraction of sp³-hybridized carbons (Fsp3) is 0.750. The Bertz CT molecular complexity index is 241. The molecule has 2 nitrogen and oxygen atoms in total. The van der Waals surface area contributed by atoms with Gasteiger partial charge < -0.3 is 5.32 Å². The van der Waals surface area contributed by atoms with Gasteiger partial charge in [0, 0.05) is 13.1 Å². The van der Waals surface area contributed by atoms with Crippen LogP contribution in [-0.4, -0.2) is 31.1 Å². The van der Waals surface area contributed by atoms with E-state index in [9.17, 15) is 0 Å². The van der Waals surface area contributed by atoms with Gasteiger partial charge in [-0.3, -0.25) is 4.90 Å². The molecule has 18 heavy (non-hydrogen) atoms. The number of rotatable bonds is 10. The zero-order valence-corrected chi connectivity index (χ0v) is 12.1. The predicted molar refractivity (Wildman–Crippen MR) is 80.6 cm³/mol. The molecule has 1 N–H and O–H groups in total. The number of nitrogens with zero attached hydrogens (tertiary/aromatic N) is 1. The number of nitrogens with one attached hydrogen (secondary N) is 1. The minimum atomic E-state index is 0.781. The van der Waals surface area contributed by atoms with Crippen molar-refractivity contribution in [3.8, 4) is 0 Å². The Morgan fingerprint density at radius 1 is 1.33 bits per heavy atom. The summed E-state index contributed by atoms with van der Waals surface area (Å²) in [5.74, 6) is 0.781. The van der Waals surface area contributed by atoms with Gasteiger partial charge in [-0.2, -0.15) is 0 Å². The smallest absolute Gasteiger partial charge is 0.0190 e. The summed E-state index contributed by atoms with van der Waals surface area (Å²) < 4.78 is 0. The Labute approximate surface area is 113 Å². The van der Waals surface area contributed by atoms with Gasteiger partial charge in [0.15, 0.2) is 0 Å². The fourth-order valence-electron chi connectivity index (χ4n) is 2.74. The van der Waals surface area contributed by atoms with Gasteiger partial charge in [0.05, 0.1) is 0 Å². The fourth-order valence-corrected chi connectivity index (χ4v) is 2.74. The average molecular weight is 250 g/mol. The van der Waals surface area contributed by atoms with Crippen LogP contribution in [0.5, 0.6) is 0 Å². The van der Waals surface area contributed by atoms with Crippen molar-refractivity contribution >= 4 is 0 Å². The third-order valence-corrected chi connectivity index (χ3v) is 3.70. The molecule has 0 bridgehead atoms. The van der Waals surface area contributed by atoms with Gasteiger partial charge >= 0.3 is 0 Å². The average Bonchev–Trinajstić information content (AvgIpc) is 2.81. The van der Waals surface area contributed by atoms with E-state index in [0.717, 1.165) is 19.0 Å². The molecule has 1 aliphatic heterocycles. The molecule has 0 aromatic rings. The molecule has 0 aromatic heterocycles. The van der Waals surface area contributed by atoms with Crippen LogP contribution in [0, 0.1) is 5.92 Å². The Morgan fingerprint density at radius 3 is 2.72 bits per heavy atom. The van der Waals surface area contributed by atoms with Crippen molar-refractivity contribution in [3.63, 3.8) is 0 Å². The Balaban J connectivity index is 2.01. The van der Waals surface area contributed by atoms with Crippen LogP contribution in [0.2, 0.25) is 0 Å². The lowest BCUT2D eigenvalue weighted by Crippen LogP contribution is -2.22. The van der Waals surface area contributed by atoms with Crippen molar-refractivity contribution in [3.05, 3.63) is 24.9 Å². The maximum atomic E-state index is 4.25. The van der Waals surface area contributed by atoms with E-state index in [1.807, 2.05) is 0 Å². The summed E-state index contributed by atoms with van der Waals surface area (Å²) in [6, 6.07) is 0. The van der Waals surface area contributed by atoms with Gasteiger partial charge in [-0.1, -0.05) is 38.5 Å². The molecule has 0 saturated carbocycles. The van der Waals surface area contributed by atoms with Crippen LogP contribution in [0.1, 0.15) is 45.4 Å². The van der Waals surface area contributed by atoms with Crippen molar-refractivity contribution in [2.75, 3.05) is 26.2 Å². The summed E-state index contributed by atoms with van der Waals surface area (Å²) in [7, 11) is 0. The first kappa shape index (κ1) is 15.3. The molecule has 104 valence electrons. The summed E-state index contributed by atoms with van der Waals surface area (Å²) in [6.45, 7) is 15.0. The maximum Gasteiger partial charge on any atom is 0.0190 e. The lowest BCUT2D eigenvalue weighted by Gasteiger charge is -2.19. The summed E-state index contributed by atoms with van der Waals surface area (Å²) >= 11 is 0. The van der Waals surface area contributed by atoms with Gasteiger partial charge in [0.1, 0.15) is 0 Å². The molecule has 1 saturated heterocycles. The van der Waals surface area contributed by atoms with Gasteiger partial charge in [-0.25, -0.2) is 0 Å². The molecule has 0 aromatic carbocycles. The molecule has 1 heterocycles. The first-order valence-corrected chi connectivity index (χ1v) is 7.45. The third-order valence-electron chi connectivity index (χ3n) is 3.70. The minimum Gasteiger partial charge on any atom is -0.391 e. The van der Waals surface area contributed by atoms with Gasteiger partial charge in [0.2, 0.25) is 0 Å². The second kappa shape index (κ2) is 9.21. The van der Waals surface area contributed by atoms with Gasteiger partial charge in [-0.05, 0) is 50.9 Å². The monoisotopic (exact) mass is 250 g/mol. The summed E-state index contributed by atoms with van der Waals surface area (Å²) in [5.41, 5.74) is 1.42. The Morgan fingerprint density at radius 2 is 2.06 bits per heavy atom. The van der Waals surface area contributed by atoms with Crippen LogP contribution < -0.4 is 5.32 Å². The van der Waals surface area contributed by atoms with Crippen LogP contribution in [-0.2, 0) is 0 Å². The molecular weight excluding hydrogens is 220 g/mol. The quantitative estimate of drug-likeness (QED) is 0.471. The Hall–Kier alpha value is -0.760. The molecule has 2 heteroatoms. The van der Waals surface area contributed by atoms with Crippen LogP contribution in [0.25, 0.3) is 0 Å². The normalized spacial score (nSPS) is 17.6. The SMILES string of the molecule is C=CNCCCCC(C)CC(=C)CN1CCCC1. The van der Waals surface area contributed by atoms with Gasteiger partial charge in [-0.15, -0.1) is 0 Å². The lowest BCUT2D eigenvalue weighted by atomic mass is 9.96. The van der Waals surface area contributed by atoms with Crippen molar-refractivity contribution < 1.29 is 0 Å². The highest BCUT2D eigenvalue weighted by Gasteiger charge is 2.13. The zero-order valence-electron chi connectivity index (χ0n) is 12.1. The van der Waals surface area contributed by atoms with Crippen molar-refractivity contribution in [2.24, 2.45) is 5.92 Å². The highest BCUT2D eigenvalue weighted by Crippen LogP contribution is 2.18. The summed E-state index contributed by atoms with van der Waals surface area (Å²) in [6.07, 6.45) is 9.59. The van der Waals surface area contributed by atoms with Crippen molar-refractivity contribution in [1.82, 2.24) is 10.2 Å². The van der Waals surface area contributed by atoms with E-state index in [1.165, 1.54) is 57.2 Å². The number of unbranched alkanes of at least 4 members (excludes halogenated alkanes) is 1. The van der Waals surface area contributed by atoms with E-state index >= 15 is 0 Å². The Kier molecular flexibility index (Phi) is 7.83. The summed E-state index contributed by atoms with van der Waals surface area (Å²) in [5, 5.41) is 3.15. The molecule has 0 radical (unpaired) electrons. The van der Waals surface area contributed by atoms with Crippen molar-refractivity contribution in [2.45, 2.75) is 45.4 Å². The largest absolute Gasteiger partial charge is 0.391 e. The van der Waals surface area contributed by atoms with Crippen LogP contribution >= 0.6 is 0 Å². The molecule has 1 atom stereocenters. The molecule has 1 fully saturated rings. The molecule has 0 amide bonds. The zero-order chi connectivity index (χ0) is 13.2. The van der Waals surface area contributed by atoms with E-state index in [4.69, 9.17) is 0 Å². The van der Waals surface area contributed by atoms with E-state index in [1.54, 1.807) is 6.20 Å². The lowest BCUT2D eigenvalue weighted by molar-refractivity contribution is 0.356. The van der Waals surface area contributed by atoms with E-state index in [-0.39, 0.29) is 0 Å². The second-order valence-electron chi connectivity index (χ2n) is 5.70. The maximum absolute atomic E-state index is 4.25. The molecule has 0 spiro atoms. The predicted octanol–water partition coefficient (Wildman–Crippen LogP) is 3.57. The second-order valence-corrected chi connectivity index (χ2v) is 5.70. The van der Waals surface area contributed by atoms with E-state index in [2.05, 4.69) is 30.3 Å². The highest BCUT2D eigenvalue weighted by atomic mass is 15.1. The minimum absolute atomic E-state index is 0.781. The number of likely N-dealkylation sites (tertiary alicyclic amines) is 1. The topological polar surface area (TPSA) is 15.3 Å². The number of hydrogen-bond donors (Lipinski definition) is 1. The van der Waals surface area contributed by atoms with Crippen LogP contribution in [0.15, 0.2) is 24.9 Å². The highest BCUT2D eigenvalue weighted by molar-refractivity contribution is 4.99. The summed E-state index contributed by atoms with van der Waals surface area (Å²) in [4.78, 5) is 2.54. The van der Waals surface area contributed by atoms with Crippen molar-refractivity contribution in [1.29, 1.82) is 0 Å². The third kappa shape index (κ3) is 6.85. The first-order valence-electron chi connectivity index (χ1n) is 7.45. The van der Waals surface area contributed by atoms with E-state index < -0.39 is 0 Å². The molecular formula is C16H30N2. The standard InChI is InChI=1S/C16H30N2/c1-4-17-10-6-5-9-15(2)13-16(3)14-18-11-7-8-12-18/h4,15,17H,1,3,5-14H2,2H3. The molecule has 0 aliphatic carbocycles. The van der Waals surface area contributed by atoms with Gasteiger partial charge in [0.25, 0.3) is 0 Å². The van der Waals surface area contributed by atoms with E-state index in [0.29, 0.717) is 0 Å². The molecule has 1 aliphatic rings.